The van der Waals surface area contributed by atoms with E-state index in [0.29, 0.717) is 10.6 Å². The Balaban J connectivity index is 2.29. The minimum atomic E-state index is -0.162. The molecule has 1 heterocycles. The molecule has 4 nitrogen and oxygen atoms in total. The number of anilines is 1. The van der Waals surface area contributed by atoms with E-state index in [4.69, 9.17) is 5.73 Å². The molecular weight excluding hydrogens is 270 g/mol. The van der Waals surface area contributed by atoms with Gasteiger partial charge in [0.2, 0.25) is 0 Å². The fourth-order valence-corrected chi connectivity index (χ4v) is 2.41. The summed E-state index contributed by atoms with van der Waals surface area (Å²) in [6.07, 6.45) is 0. The summed E-state index contributed by atoms with van der Waals surface area (Å²) in [4.78, 5) is 16.9. The van der Waals surface area contributed by atoms with Crippen LogP contribution in [-0.2, 0) is 0 Å². The van der Waals surface area contributed by atoms with E-state index in [-0.39, 0.29) is 12.5 Å². The van der Waals surface area contributed by atoms with Crippen LogP contribution < -0.4 is 11.1 Å². The van der Waals surface area contributed by atoms with E-state index in [1.165, 1.54) is 11.3 Å². The number of carbonyl (C=O) groups is 1. The molecule has 2 rings (SSSR count). The van der Waals surface area contributed by atoms with Crippen LogP contribution in [0.1, 0.15) is 26.5 Å². The van der Waals surface area contributed by atoms with Crippen LogP contribution in [0.4, 0.5) is 5.69 Å². The van der Waals surface area contributed by atoms with E-state index in [1.54, 1.807) is 5.51 Å². The summed E-state index contributed by atoms with van der Waals surface area (Å²) in [6.45, 7) is 4.08. The quantitative estimate of drug-likeness (QED) is 0.832. The number of aromatic nitrogens is 1. The molecule has 0 unspecified atom stereocenters. The summed E-state index contributed by atoms with van der Waals surface area (Å²) in [5.41, 5.74) is 10.3. The highest BCUT2D eigenvalue weighted by Crippen LogP contribution is 2.19. The predicted molar refractivity (Wildman–Crippen MR) is 81.9 cm³/mol. The van der Waals surface area contributed by atoms with Crippen LogP contribution in [0.2, 0.25) is 0 Å². The van der Waals surface area contributed by atoms with E-state index in [2.05, 4.69) is 22.1 Å². The van der Waals surface area contributed by atoms with Crippen LogP contribution in [-0.4, -0.2) is 17.4 Å². The van der Waals surface area contributed by atoms with Crippen molar-refractivity contribution in [1.29, 1.82) is 0 Å². The Kier molecular flexibility index (Phi) is 4.51. The molecule has 1 amide bonds. The van der Waals surface area contributed by atoms with Crippen molar-refractivity contribution >= 4 is 22.9 Å². The number of amides is 1. The third-order valence-electron chi connectivity index (χ3n) is 2.70. The Morgan fingerprint density at radius 2 is 2.25 bits per heavy atom. The summed E-state index contributed by atoms with van der Waals surface area (Å²) >= 11 is 1.32. The third-order valence-corrected chi connectivity index (χ3v) is 3.63. The average Bonchev–Trinajstić information content (AvgIpc) is 2.85. The zero-order chi connectivity index (χ0) is 14.5. The van der Waals surface area contributed by atoms with E-state index in [0.717, 1.165) is 16.8 Å². The van der Waals surface area contributed by atoms with E-state index in [9.17, 15) is 4.79 Å². The lowest BCUT2D eigenvalue weighted by Gasteiger charge is -2.07. The molecule has 0 saturated heterocycles. The van der Waals surface area contributed by atoms with Gasteiger partial charge in [-0.25, -0.2) is 4.98 Å². The number of thiazole rings is 1. The highest BCUT2D eigenvalue weighted by Gasteiger charge is 2.13. The molecule has 1 aromatic heterocycles. The van der Waals surface area contributed by atoms with Gasteiger partial charge in [0.05, 0.1) is 23.4 Å². The Morgan fingerprint density at radius 1 is 1.45 bits per heavy atom. The van der Waals surface area contributed by atoms with Crippen molar-refractivity contribution in [2.24, 2.45) is 5.73 Å². The first kappa shape index (κ1) is 14.3. The molecule has 0 aliphatic carbocycles. The Hall–Kier alpha value is -2.16. The molecule has 0 radical (unpaired) electrons. The second-order valence-electron chi connectivity index (χ2n) is 4.28. The van der Waals surface area contributed by atoms with Crippen LogP contribution in [0.3, 0.4) is 0 Å². The molecule has 0 bridgehead atoms. The highest BCUT2D eigenvalue weighted by atomic mass is 32.1. The summed E-state index contributed by atoms with van der Waals surface area (Å²) < 4.78 is 0. The van der Waals surface area contributed by atoms with Gasteiger partial charge in [0.15, 0.2) is 0 Å². The standard InChI is InChI=1S/C15H15N3OS/c1-10-5-6-13(12(8-10)4-3-7-16)18-15(19)14-11(2)17-9-20-14/h5-6,8-9H,7,16H2,1-2H3,(H,18,19). The lowest BCUT2D eigenvalue weighted by atomic mass is 10.1. The van der Waals surface area contributed by atoms with Crippen molar-refractivity contribution in [3.05, 3.63) is 45.4 Å². The van der Waals surface area contributed by atoms with Gasteiger partial charge in [-0.1, -0.05) is 17.9 Å². The van der Waals surface area contributed by atoms with Gasteiger partial charge in [0.25, 0.3) is 5.91 Å². The number of nitrogens with zero attached hydrogens (tertiary/aromatic N) is 1. The molecule has 0 fully saturated rings. The molecular formula is C15H15N3OS. The number of benzene rings is 1. The number of carbonyl (C=O) groups excluding carboxylic acids is 1. The van der Waals surface area contributed by atoms with Gasteiger partial charge in [-0.05, 0) is 31.5 Å². The van der Waals surface area contributed by atoms with Crippen molar-refractivity contribution in [3.8, 4) is 11.8 Å². The first-order chi connectivity index (χ1) is 9.61. The van der Waals surface area contributed by atoms with Crippen molar-refractivity contribution in [2.45, 2.75) is 13.8 Å². The molecule has 3 N–H and O–H groups in total. The zero-order valence-electron chi connectivity index (χ0n) is 11.4. The minimum Gasteiger partial charge on any atom is -0.320 e. The van der Waals surface area contributed by atoms with Crippen molar-refractivity contribution in [2.75, 3.05) is 11.9 Å². The number of rotatable bonds is 2. The number of hydrogen-bond donors (Lipinski definition) is 2. The summed E-state index contributed by atoms with van der Waals surface area (Å²) in [5.74, 6) is 5.62. The Bertz CT molecular complexity index is 695. The Morgan fingerprint density at radius 3 is 2.90 bits per heavy atom. The van der Waals surface area contributed by atoms with Gasteiger partial charge in [0, 0.05) is 5.56 Å². The van der Waals surface area contributed by atoms with Crippen LogP contribution in [0.5, 0.6) is 0 Å². The molecule has 2 aromatic rings. The maximum absolute atomic E-state index is 12.2. The number of hydrogen-bond acceptors (Lipinski definition) is 4. The normalized spacial score (nSPS) is 9.75. The average molecular weight is 285 g/mol. The topological polar surface area (TPSA) is 68.0 Å². The fourth-order valence-electron chi connectivity index (χ4n) is 1.72. The molecule has 0 spiro atoms. The van der Waals surface area contributed by atoms with Crippen LogP contribution >= 0.6 is 11.3 Å². The first-order valence-electron chi connectivity index (χ1n) is 6.13. The van der Waals surface area contributed by atoms with Crippen molar-refractivity contribution < 1.29 is 4.79 Å². The second kappa shape index (κ2) is 6.33. The van der Waals surface area contributed by atoms with Crippen molar-refractivity contribution in [3.63, 3.8) is 0 Å². The van der Waals surface area contributed by atoms with E-state index >= 15 is 0 Å². The molecule has 0 aliphatic rings. The maximum Gasteiger partial charge on any atom is 0.267 e. The zero-order valence-corrected chi connectivity index (χ0v) is 12.2. The van der Waals surface area contributed by atoms with Gasteiger partial charge in [0.1, 0.15) is 4.88 Å². The number of nitrogens with two attached hydrogens (primary N) is 1. The summed E-state index contributed by atoms with van der Waals surface area (Å²) in [7, 11) is 0. The highest BCUT2D eigenvalue weighted by molar-refractivity contribution is 7.12. The minimum absolute atomic E-state index is 0.162. The molecule has 0 saturated carbocycles. The summed E-state index contributed by atoms with van der Waals surface area (Å²) in [5, 5.41) is 2.88. The van der Waals surface area contributed by atoms with Crippen LogP contribution in [0.15, 0.2) is 23.7 Å². The lowest BCUT2D eigenvalue weighted by molar-refractivity contribution is 0.103. The van der Waals surface area contributed by atoms with E-state index < -0.39 is 0 Å². The van der Waals surface area contributed by atoms with Gasteiger partial charge >= 0.3 is 0 Å². The molecule has 0 aliphatic heterocycles. The monoisotopic (exact) mass is 285 g/mol. The molecule has 0 atom stereocenters. The van der Waals surface area contributed by atoms with Gasteiger partial charge in [-0.2, -0.15) is 0 Å². The number of aryl methyl sites for hydroxylation is 2. The van der Waals surface area contributed by atoms with Gasteiger partial charge in [-0.15, -0.1) is 11.3 Å². The molecule has 5 heteroatoms. The van der Waals surface area contributed by atoms with Gasteiger partial charge < -0.3 is 11.1 Å². The molecule has 1 aromatic carbocycles. The van der Waals surface area contributed by atoms with Gasteiger partial charge in [-0.3, -0.25) is 4.79 Å². The predicted octanol–water partition coefficient (Wildman–Crippen LogP) is 2.32. The van der Waals surface area contributed by atoms with Crippen LogP contribution in [0, 0.1) is 25.7 Å². The smallest absolute Gasteiger partial charge is 0.267 e. The molecule has 20 heavy (non-hydrogen) atoms. The van der Waals surface area contributed by atoms with E-state index in [1.807, 2.05) is 32.0 Å². The second-order valence-corrected chi connectivity index (χ2v) is 5.13. The molecule has 102 valence electrons. The third kappa shape index (κ3) is 3.23. The number of nitrogens with one attached hydrogen (secondary N) is 1. The fraction of sp³-hybridized carbons (Fsp3) is 0.200. The largest absolute Gasteiger partial charge is 0.320 e. The maximum atomic E-state index is 12.2. The SMILES string of the molecule is Cc1ccc(NC(=O)c2scnc2C)c(C#CCN)c1. The lowest BCUT2D eigenvalue weighted by Crippen LogP contribution is -2.12. The van der Waals surface area contributed by atoms with Crippen molar-refractivity contribution in [1.82, 2.24) is 4.98 Å². The first-order valence-corrected chi connectivity index (χ1v) is 7.01. The Labute approximate surface area is 122 Å². The summed E-state index contributed by atoms with van der Waals surface area (Å²) in [6, 6.07) is 5.71. The van der Waals surface area contributed by atoms with Crippen LogP contribution in [0.25, 0.3) is 0 Å².